The molecule has 0 aromatic carbocycles. The van der Waals surface area contributed by atoms with E-state index in [1.807, 2.05) is 6.92 Å². The van der Waals surface area contributed by atoms with Crippen LogP contribution >= 0.6 is 15.9 Å². The van der Waals surface area contributed by atoms with Gasteiger partial charge in [-0.1, -0.05) is 0 Å². The van der Waals surface area contributed by atoms with E-state index >= 15 is 0 Å². The summed E-state index contributed by atoms with van der Waals surface area (Å²) in [5.74, 6) is -0.503. The van der Waals surface area contributed by atoms with Crippen LogP contribution in [0.2, 0.25) is 0 Å². The van der Waals surface area contributed by atoms with Crippen LogP contribution in [0, 0.1) is 13.8 Å². The lowest BCUT2D eigenvalue weighted by Crippen LogP contribution is -2.18. The fourth-order valence-electron chi connectivity index (χ4n) is 1.73. The number of aryl methyl sites for hydroxylation is 2. The van der Waals surface area contributed by atoms with Crippen molar-refractivity contribution in [2.75, 3.05) is 0 Å². The van der Waals surface area contributed by atoms with E-state index in [1.165, 1.54) is 0 Å². The minimum atomic E-state index is -0.503. The van der Waals surface area contributed by atoms with Crippen molar-refractivity contribution < 1.29 is 4.79 Å². The lowest BCUT2D eigenvalue weighted by atomic mass is 10.1. The third-order valence-corrected chi connectivity index (χ3v) is 2.76. The maximum absolute atomic E-state index is 11.5. The molecule has 2 N–H and O–H groups in total. The molecule has 88 valence electrons. The van der Waals surface area contributed by atoms with E-state index in [0.29, 0.717) is 16.9 Å². The number of aromatic nitrogens is 3. The van der Waals surface area contributed by atoms with Crippen LogP contribution in [0.5, 0.6) is 0 Å². The Labute approximate surface area is 107 Å². The van der Waals surface area contributed by atoms with Gasteiger partial charge in [-0.2, -0.15) is 5.10 Å². The monoisotopic (exact) mass is 294 g/mol. The molecule has 0 atom stereocenters. The molecule has 0 spiro atoms. The number of carbonyl (C=O) groups is 1. The zero-order valence-electron chi connectivity index (χ0n) is 9.44. The highest BCUT2D eigenvalue weighted by molar-refractivity contribution is 9.10. The van der Waals surface area contributed by atoms with Crippen LogP contribution in [-0.2, 0) is 0 Å². The number of hydrogen-bond acceptors (Lipinski definition) is 3. The van der Waals surface area contributed by atoms with Gasteiger partial charge in [-0.05, 0) is 35.8 Å². The standard InChI is InChI=1S/C11H11BrN4O/c1-6-3-9(16-5-8(12)4-14-16)10(11(13)17)7(2)15-6/h3-5H,1-2H3,(H2,13,17). The van der Waals surface area contributed by atoms with Crippen LogP contribution in [0.4, 0.5) is 0 Å². The van der Waals surface area contributed by atoms with Crippen molar-refractivity contribution >= 4 is 21.8 Å². The maximum atomic E-state index is 11.5. The Bertz CT molecular complexity index is 591. The zero-order chi connectivity index (χ0) is 12.6. The number of hydrogen-bond donors (Lipinski definition) is 1. The number of carbonyl (C=O) groups excluding carboxylic acids is 1. The van der Waals surface area contributed by atoms with Crippen molar-refractivity contribution in [2.24, 2.45) is 5.73 Å². The summed E-state index contributed by atoms with van der Waals surface area (Å²) in [6.45, 7) is 3.62. The highest BCUT2D eigenvalue weighted by Crippen LogP contribution is 2.19. The van der Waals surface area contributed by atoms with Crippen molar-refractivity contribution in [3.63, 3.8) is 0 Å². The van der Waals surface area contributed by atoms with E-state index in [4.69, 9.17) is 5.73 Å². The predicted molar refractivity (Wildman–Crippen MR) is 67.1 cm³/mol. The third kappa shape index (κ3) is 2.21. The molecule has 0 aliphatic carbocycles. The average Bonchev–Trinajstić information content (AvgIpc) is 2.62. The molecule has 0 radical (unpaired) electrons. The van der Waals surface area contributed by atoms with E-state index in [9.17, 15) is 4.79 Å². The summed E-state index contributed by atoms with van der Waals surface area (Å²) >= 11 is 3.31. The number of pyridine rings is 1. The van der Waals surface area contributed by atoms with Crippen LogP contribution < -0.4 is 5.73 Å². The first-order valence-corrected chi connectivity index (χ1v) is 5.77. The first-order valence-electron chi connectivity index (χ1n) is 4.97. The second-order valence-electron chi connectivity index (χ2n) is 3.71. The Morgan fingerprint density at radius 1 is 1.47 bits per heavy atom. The van der Waals surface area contributed by atoms with Crippen molar-refractivity contribution in [1.29, 1.82) is 0 Å². The van der Waals surface area contributed by atoms with Crippen LogP contribution in [0.25, 0.3) is 5.69 Å². The van der Waals surface area contributed by atoms with Gasteiger partial charge in [-0.15, -0.1) is 0 Å². The molecule has 0 aliphatic rings. The summed E-state index contributed by atoms with van der Waals surface area (Å²) in [5.41, 5.74) is 7.84. The number of nitrogens with zero attached hydrogens (tertiary/aromatic N) is 3. The van der Waals surface area contributed by atoms with Gasteiger partial charge in [0.05, 0.1) is 27.6 Å². The SMILES string of the molecule is Cc1cc(-n2cc(Br)cn2)c(C(N)=O)c(C)n1. The van der Waals surface area contributed by atoms with E-state index in [1.54, 1.807) is 30.1 Å². The summed E-state index contributed by atoms with van der Waals surface area (Å²) in [7, 11) is 0. The molecule has 0 fully saturated rings. The van der Waals surface area contributed by atoms with Gasteiger partial charge in [0.25, 0.3) is 5.91 Å². The third-order valence-electron chi connectivity index (χ3n) is 2.35. The maximum Gasteiger partial charge on any atom is 0.252 e. The molecular weight excluding hydrogens is 284 g/mol. The first kappa shape index (κ1) is 11.8. The second-order valence-corrected chi connectivity index (χ2v) is 4.63. The molecular formula is C11H11BrN4O. The van der Waals surface area contributed by atoms with Gasteiger partial charge in [-0.3, -0.25) is 9.78 Å². The van der Waals surface area contributed by atoms with Crippen LogP contribution in [0.3, 0.4) is 0 Å². The molecule has 0 saturated carbocycles. The Morgan fingerprint density at radius 3 is 2.71 bits per heavy atom. The predicted octanol–water partition coefficient (Wildman–Crippen LogP) is 1.75. The molecule has 2 aromatic rings. The molecule has 0 unspecified atom stereocenters. The van der Waals surface area contributed by atoms with E-state index < -0.39 is 5.91 Å². The largest absolute Gasteiger partial charge is 0.365 e. The van der Waals surface area contributed by atoms with Crippen molar-refractivity contribution in [1.82, 2.24) is 14.8 Å². The number of rotatable bonds is 2. The fraction of sp³-hybridized carbons (Fsp3) is 0.182. The number of nitrogens with two attached hydrogens (primary N) is 1. The normalized spacial score (nSPS) is 10.5. The Morgan fingerprint density at radius 2 is 2.18 bits per heavy atom. The van der Waals surface area contributed by atoms with Crippen molar-refractivity contribution in [2.45, 2.75) is 13.8 Å². The minimum Gasteiger partial charge on any atom is -0.365 e. The lowest BCUT2D eigenvalue weighted by Gasteiger charge is -2.10. The quantitative estimate of drug-likeness (QED) is 0.917. The van der Waals surface area contributed by atoms with Gasteiger partial charge in [0, 0.05) is 11.9 Å². The van der Waals surface area contributed by atoms with Crippen LogP contribution in [0.15, 0.2) is 22.9 Å². The molecule has 2 aromatic heterocycles. The van der Waals surface area contributed by atoms with Crippen LogP contribution in [0.1, 0.15) is 21.7 Å². The molecule has 0 saturated heterocycles. The van der Waals surface area contributed by atoms with Crippen molar-refractivity contribution in [3.05, 3.63) is 39.9 Å². The first-order chi connectivity index (χ1) is 7.99. The minimum absolute atomic E-state index is 0.395. The Balaban J connectivity index is 2.71. The molecule has 17 heavy (non-hydrogen) atoms. The van der Waals surface area contributed by atoms with E-state index in [2.05, 4.69) is 26.0 Å². The van der Waals surface area contributed by atoms with E-state index in [-0.39, 0.29) is 0 Å². The summed E-state index contributed by atoms with van der Waals surface area (Å²) in [4.78, 5) is 15.7. The van der Waals surface area contributed by atoms with Crippen molar-refractivity contribution in [3.8, 4) is 5.69 Å². The van der Waals surface area contributed by atoms with Gasteiger partial charge in [0.1, 0.15) is 0 Å². The number of amides is 1. The second kappa shape index (κ2) is 4.29. The summed E-state index contributed by atoms with van der Waals surface area (Å²) in [5, 5.41) is 4.15. The van der Waals surface area contributed by atoms with Gasteiger partial charge in [0.2, 0.25) is 0 Å². The molecule has 2 rings (SSSR count). The van der Waals surface area contributed by atoms with Crippen LogP contribution in [-0.4, -0.2) is 20.7 Å². The Hall–Kier alpha value is -1.69. The molecule has 0 bridgehead atoms. The molecule has 0 aliphatic heterocycles. The fourth-order valence-corrected chi connectivity index (χ4v) is 2.01. The average molecular weight is 295 g/mol. The molecule has 5 nitrogen and oxygen atoms in total. The van der Waals surface area contributed by atoms with Gasteiger partial charge < -0.3 is 5.73 Å². The summed E-state index contributed by atoms with van der Waals surface area (Å²) < 4.78 is 2.44. The highest BCUT2D eigenvalue weighted by atomic mass is 79.9. The lowest BCUT2D eigenvalue weighted by molar-refractivity contribution is 0.0999. The van der Waals surface area contributed by atoms with E-state index in [0.717, 1.165) is 10.2 Å². The molecule has 2 heterocycles. The van der Waals surface area contributed by atoms with Gasteiger partial charge >= 0.3 is 0 Å². The van der Waals surface area contributed by atoms with Gasteiger partial charge in [0.15, 0.2) is 0 Å². The molecule has 1 amide bonds. The summed E-state index contributed by atoms with van der Waals surface area (Å²) in [6.07, 6.45) is 3.41. The topological polar surface area (TPSA) is 73.8 Å². The Kier molecular flexibility index (Phi) is 2.97. The number of halogens is 1. The zero-order valence-corrected chi connectivity index (χ0v) is 11.0. The number of primary amides is 1. The molecule has 6 heteroatoms. The summed E-state index contributed by atoms with van der Waals surface area (Å²) in [6, 6.07) is 1.78. The highest BCUT2D eigenvalue weighted by Gasteiger charge is 2.15. The smallest absolute Gasteiger partial charge is 0.252 e. The van der Waals surface area contributed by atoms with Gasteiger partial charge in [-0.25, -0.2) is 4.68 Å².